The van der Waals surface area contributed by atoms with E-state index in [1.165, 1.54) is 20.3 Å². The van der Waals surface area contributed by atoms with Crippen LogP contribution in [0.15, 0.2) is 38.3 Å². The van der Waals surface area contributed by atoms with Gasteiger partial charge in [0.2, 0.25) is 11.8 Å². The molecule has 1 aromatic carbocycles. The number of nitrogens with one attached hydrogen (secondary N) is 1. The third-order valence-corrected chi connectivity index (χ3v) is 6.31. The molecule has 0 radical (unpaired) electrons. The molecule has 26 heavy (non-hydrogen) atoms. The number of sulfonamides is 1. The number of aryl methyl sites for hydroxylation is 1. The molecule has 0 saturated heterocycles. The van der Waals surface area contributed by atoms with Gasteiger partial charge in [0.15, 0.2) is 11.5 Å². The summed E-state index contributed by atoms with van der Waals surface area (Å²) in [6.07, 6.45) is 0.614. The van der Waals surface area contributed by atoms with Crippen LogP contribution in [0.3, 0.4) is 0 Å². The first-order chi connectivity index (χ1) is 12.5. The minimum absolute atomic E-state index is 0.138. The van der Waals surface area contributed by atoms with Crippen LogP contribution < -0.4 is 14.2 Å². The average Bonchev–Trinajstić information content (AvgIpc) is 3.30. The van der Waals surface area contributed by atoms with Crippen molar-refractivity contribution in [3.8, 4) is 23.0 Å². The van der Waals surface area contributed by atoms with Crippen LogP contribution in [0, 0.1) is 0 Å². The standard InChI is InChI=1S/C16H17N3O5S2/c1-4-14-17-18-16(24-14)10-7-15(25-9-10)26(20,21)19-11-5-6-12(22-2)13(8-11)23-3/h5-9,19H,4H2,1-3H3. The fraction of sp³-hybridized carbons (Fsp3) is 0.250. The third-order valence-electron chi connectivity index (χ3n) is 3.49. The van der Waals surface area contributed by atoms with Crippen molar-refractivity contribution in [3.05, 3.63) is 35.5 Å². The first-order valence-electron chi connectivity index (χ1n) is 7.63. The van der Waals surface area contributed by atoms with Crippen LogP contribution >= 0.6 is 11.3 Å². The number of nitrogens with zero attached hydrogens (tertiary/aromatic N) is 2. The SMILES string of the molecule is CCc1nnc(-c2csc(S(=O)(=O)Nc3ccc(OC)c(OC)c3)c2)o1. The van der Waals surface area contributed by atoms with Gasteiger partial charge >= 0.3 is 0 Å². The zero-order valence-corrected chi connectivity index (χ0v) is 16.0. The van der Waals surface area contributed by atoms with Crippen molar-refractivity contribution in [1.82, 2.24) is 10.2 Å². The molecule has 3 aromatic rings. The number of benzene rings is 1. The molecule has 2 heterocycles. The van der Waals surface area contributed by atoms with E-state index in [9.17, 15) is 8.42 Å². The molecule has 0 saturated carbocycles. The number of hydrogen-bond acceptors (Lipinski definition) is 8. The van der Waals surface area contributed by atoms with Gasteiger partial charge in [-0.15, -0.1) is 21.5 Å². The van der Waals surface area contributed by atoms with E-state index in [0.717, 1.165) is 11.3 Å². The number of aromatic nitrogens is 2. The van der Waals surface area contributed by atoms with E-state index in [4.69, 9.17) is 13.9 Å². The Hall–Kier alpha value is -2.59. The summed E-state index contributed by atoms with van der Waals surface area (Å²) >= 11 is 1.07. The Morgan fingerprint density at radius 3 is 2.58 bits per heavy atom. The minimum Gasteiger partial charge on any atom is -0.493 e. The fourth-order valence-corrected chi connectivity index (χ4v) is 4.39. The van der Waals surface area contributed by atoms with E-state index in [-0.39, 0.29) is 4.21 Å². The van der Waals surface area contributed by atoms with Crippen molar-refractivity contribution in [2.24, 2.45) is 0 Å². The number of hydrogen-bond donors (Lipinski definition) is 1. The molecule has 0 spiro atoms. The summed E-state index contributed by atoms with van der Waals surface area (Å²) in [5.41, 5.74) is 0.929. The second kappa shape index (κ2) is 7.34. The van der Waals surface area contributed by atoms with Gasteiger partial charge < -0.3 is 13.9 Å². The van der Waals surface area contributed by atoms with Gasteiger partial charge in [-0.05, 0) is 18.2 Å². The highest BCUT2D eigenvalue weighted by Gasteiger charge is 2.20. The zero-order valence-electron chi connectivity index (χ0n) is 14.3. The highest BCUT2D eigenvalue weighted by atomic mass is 32.2. The van der Waals surface area contributed by atoms with Crippen molar-refractivity contribution in [1.29, 1.82) is 0 Å². The summed E-state index contributed by atoms with van der Waals surface area (Å²) in [5.74, 6) is 1.74. The van der Waals surface area contributed by atoms with Crippen LogP contribution in [0.25, 0.3) is 11.5 Å². The second-order valence-corrected chi connectivity index (χ2v) is 8.00. The Bertz CT molecular complexity index is 1010. The van der Waals surface area contributed by atoms with E-state index in [1.54, 1.807) is 23.6 Å². The van der Waals surface area contributed by atoms with Gasteiger partial charge in [0, 0.05) is 17.9 Å². The summed E-state index contributed by atoms with van der Waals surface area (Å²) < 4.78 is 43.7. The molecule has 0 fully saturated rings. The van der Waals surface area contributed by atoms with Crippen LogP contribution in [0.4, 0.5) is 5.69 Å². The summed E-state index contributed by atoms with van der Waals surface area (Å²) in [4.78, 5) is 0. The number of thiophene rings is 1. The molecule has 0 amide bonds. The van der Waals surface area contributed by atoms with E-state index >= 15 is 0 Å². The maximum absolute atomic E-state index is 12.6. The Labute approximate surface area is 154 Å². The Morgan fingerprint density at radius 2 is 1.92 bits per heavy atom. The van der Waals surface area contributed by atoms with Crippen LogP contribution in [0.5, 0.6) is 11.5 Å². The van der Waals surface area contributed by atoms with Gasteiger partial charge in [-0.2, -0.15) is 0 Å². The lowest BCUT2D eigenvalue weighted by Crippen LogP contribution is -2.11. The van der Waals surface area contributed by atoms with E-state index in [1.807, 2.05) is 6.92 Å². The predicted octanol–water partition coefficient (Wildman–Crippen LogP) is 3.18. The molecular formula is C16H17N3O5S2. The molecule has 0 aliphatic rings. The number of ether oxygens (including phenoxy) is 2. The summed E-state index contributed by atoms with van der Waals surface area (Å²) in [7, 11) is -0.768. The van der Waals surface area contributed by atoms with Gasteiger partial charge in [0.1, 0.15) is 4.21 Å². The second-order valence-electron chi connectivity index (χ2n) is 5.18. The normalized spacial score (nSPS) is 11.3. The lowest BCUT2D eigenvalue weighted by atomic mass is 10.3. The molecule has 0 atom stereocenters. The average molecular weight is 395 g/mol. The van der Waals surface area contributed by atoms with Crippen molar-refractivity contribution >= 4 is 27.0 Å². The van der Waals surface area contributed by atoms with Crippen molar-refractivity contribution in [2.45, 2.75) is 17.6 Å². The van der Waals surface area contributed by atoms with Gasteiger partial charge in [-0.3, -0.25) is 4.72 Å². The van der Waals surface area contributed by atoms with Crippen LogP contribution in [0.2, 0.25) is 0 Å². The summed E-state index contributed by atoms with van der Waals surface area (Å²) in [6.45, 7) is 1.90. The Morgan fingerprint density at radius 1 is 1.15 bits per heavy atom. The van der Waals surface area contributed by atoms with Gasteiger partial charge in [-0.1, -0.05) is 6.92 Å². The summed E-state index contributed by atoms with van der Waals surface area (Å²) in [6, 6.07) is 6.28. The van der Waals surface area contributed by atoms with Crippen molar-refractivity contribution < 1.29 is 22.3 Å². The smallest absolute Gasteiger partial charge is 0.271 e. The number of anilines is 1. The molecule has 138 valence electrons. The van der Waals surface area contributed by atoms with Gasteiger partial charge in [0.05, 0.1) is 25.5 Å². The molecule has 0 aliphatic carbocycles. The largest absolute Gasteiger partial charge is 0.493 e. The molecule has 1 N–H and O–H groups in total. The van der Waals surface area contributed by atoms with E-state index in [2.05, 4.69) is 14.9 Å². The predicted molar refractivity (Wildman–Crippen MR) is 97.3 cm³/mol. The molecule has 0 bridgehead atoms. The highest BCUT2D eigenvalue weighted by molar-refractivity contribution is 7.94. The first kappa shape index (κ1) is 18.2. The van der Waals surface area contributed by atoms with Crippen molar-refractivity contribution in [3.63, 3.8) is 0 Å². The molecule has 8 nitrogen and oxygen atoms in total. The molecule has 0 unspecified atom stereocenters. The van der Waals surface area contributed by atoms with E-state index in [0.29, 0.717) is 41.0 Å². The topological polar surface area (TPSA) is 104 Å². The lowest BCUT2D eigenvalue weighted by molar-refractivity contribution is 0.355. The quantitative estimate of drug-likeness (QED) is 0.655. The minimum atomic E-state index is -3.76. The van der Waals surface area contributed by atoms with Gasteiger partial charge in [-0.25, -0.2) is 8.42 Å². The molecule has 2 aromatic heterocycles. The fourth-order valence-electron chi connectivity index (χ4n) is 2.19. The summed E-state index contributed by atoms with van der Waals surface area (Å²) in [5, 5.41) is 9.47. The maximum atomic E-state index is 12.6. The lowest BCUT2D eigenvalue weighted by Gasteiger charge is -2.11. The first-order valence-corrected chi connectivity index (χ1v) is 9.99. The molecular weight excluding hydrogens is 378 g/mol. The Kier molecular flexibility index (Phi) is 5.14. The zero-order chi connectivity index (χ0) is 18.7. The maximum Gasteiger partial charge on any atom is 0.271 e. The van der Waals surface area contributed by atoms with Crippen molar-refractivity contribution in [2.75, 3.05) is 18.9 Å². The monoisotopic (exact) mass is 395 g/mol. The third kappa shape index (κ3) is 3.65. The molecule has 0 aliphatic heterocycles. The molecule has 3 rings (SSSR count). The van der Waals surface area contributed by atoms with E-state index < -0.39 is 10.0 Å². The highest BCUT2D eigenvalue weighted by Crippen LogP contribution is 2.32. The number of methoxy groups -OCH3 is 2. The van der Waals surface area contributed by atoms with Crippen LogP contribution in [0.1, 0.15) is 12.8 Å². The van der Waals surface area contributed by atoms with Crippen LogP contribution in [-0.4, -0.2) is 32.8 Å². The van der Waals surface area contributed by atoms with Crippen LogP contribution in [-0.2, 0) is 16.4 Å². The van der Waals surface area contributed by atoms with Gasteiger partial charge in [0.25, 0.3) is 10.0 Å². The number of rotatable bonds is 7. The molecule has 10 heteroatoms. The Balaban J connectivity index is 1.85.